The van der Waals surface area contributed by atoms with Crippen molar-refractivity contribution in [2.75, 3.05) is 6.54 Å². The first kappa shape index (κ1) is 12.5. The van der Waals surface area contributed by atoms with Crippen molar-refractivity contribution in [1.82, 2.24) is 4.90 Å². The molecule has 0 saturated heterocycles. The molecule has 0 spiro atoms. The normalized spacial score (nSPS) is 26.9. The van der Waals surface area contributed by atoms with Crippen molar-refractivity contribution in [3.8, 4) is 0 Å². The van der Waals surface area contributed by atoms with Crippen LogP contribution in [-0.2, 0) is 5.54 Å². The van der Waals surface area contributed by atoms with Gasteiger partial charge >= 0.3 is 0 Å². The number of benzene rings is 1. The summed E-state index contributed by atoms with van der Waals surface area (Å²) in [6.07, 6.45) is 2.49. The molecule has 2 aliphatic rings. The number of hydrogen-bond acceptors (Lipinski definition) is 3. The van der Waals surface area contributed by atoms with Crippen LogP contribution < -0.4 is 5.73 Å². The van der Waals surface area contributed by atoms with Crippen LogP contribution in [0.5, 0.6) is 0 Å². The highest BCUT2D eigenvalue weighted by atomic mass is 15.4. The van der Waals surface area contributed by atoms with Gasteiger partial charge in [0.2, 0.25) is 0 Å². The third kappa shape index (κ3) is 2.01. The van der Waals surface area contributed by atoms with E-state index in [0.717, 1.165) is 12.5 Å². The fraction of sp³-hybridized carbons (Fsp3) is 0.562. The number of aliphatic imine (C=N–C) groups is 1. The minimum absolute atomic E-state index is 0.0548. The van der Waals surface area contributed by atoms with Crippen molar-refractivity contribution >= 4 is 5.96 Å². The number of nitrogens with two attached hydrogens (primary N) is 1. The van der Waals surface area contributed by atoms with E-state index in [1.54, 1.807) is 0 Å². The van der Waals surface area contributed by atoms with E-state index in [-0.39, 0.29) is 5.54 Å². The predicted molar refractivity (Wildman–Crippen MR) is 79.2 cm³/mol. The fourth-order valence-electron chi connectivity index (χ4n) is 3.02. The van der Waals surface area contributed by atoms with Gasteiger partial charge in [-0.2, -0.15) is 0 Å². The van der Waals surface area contributed by atoms with Gasteiger partial charge in [-0.05, 0) is 36.8 Å². The van der Waals surface area contributed by atoms with E-state index >= 15 is 0 Å². The number of nitrogens with zero attached hydrogens (tertiary/aromatic N) is 2. The van der Waals surface area contributed by atoms with Crippen molar-refractivity contribution in [2.24, 2.45) is 10.7 Å². The molecule has 1 aliphatic heterocycles. The molecule has 19 heavy (non-hydrogen) atoms. The highest BCUT2D eigenvalue weighted by Crippen LogP contribution is 2.41. The second-order valence-corrected chi connectivity index (χ2v) is 6.33. The molecule has 3 rings (SSSR count). The topological polar surface area (TPSA) is 41.6 Å². The molecule has 1 heterocycles. The Kier molecular flexibility index (Phi) is 2.80. The van der Waals surface area contributed by atoms with Crippen LogP contribution in [0, 0.1) is 0 Å². The largest absolute Gasteiger partial charge is 0.370 e. The van der Waals surface area contributed by atoms with Crippen LogP contribution in [0.25, 0.3) is 0 Å². The van der Waals surface area contributed by atoms with Gasteiger partial charge in [0.05, 0.1) is 12.1 Å². The maximum atomic E-state index is 6.09. The molecular weight excluding hydrogens is 234 g/mol. The smallest absolute Gasteiger partial charge is 0.192 e. The summed E-state index contributed by atoms with van der Waals surface area (Å²) in [5.74, 6) is 1.30. The van der Waals surface area contributed by atoms with Gasteiger partial charge in [0, 0.05) is 6.04 Å². The standard InChI is InChI=1S/C16H23N3/c1-11(2)12-4-6-13(7-5-12)16(3)10-18-15(17)19(16)14-8-9-14/h4-7,11,14H,8-10H2,1-3H3,(H2,17,18). The quantitative estimate of drug-likeness (QED) is 0.904. The van der Waals surface area contributed by atoms with Gasteiger partial charge in [0.25, 0.3) is 0 Å². The van der Waals surface area contributed by atoms with Crippen molar-refractivity contribution in [2.45, 2.75) is 51.1 Å². The lowest BCUT2D eigenvalue weighted by Crippen LogP contribution is -2.48. The summed E-state index contributed by atoms with van der Waals surface area (Å²) in [7, 11) is 0. The van der Waals surface area contributed by atoms with Crippen LogP contribution in [0.15, 0.2) is 29.3 Å². The van der Waals surface area contributed by atoms with Gasteiger partial charge in [-0.25, -0.2) is 0 Å². The highest BCUT2D eigenvalue weighted by Gasteiger charge is 2.46. The molecule has 1 aromatic carbocycles. The van der Waals surface area contributed by atoms with Crippen molar-refractivity contribution in [3.05, 3.63) is 35.4 Å². The zero-order chi connectivity index (χ0) is 13.6. The van der Waals surface area contributed by atoms with E-state index in [0.29, 0.717) is 12.0 Å². The summed E-state index contributed by atoms with van der Waals surface area (Å²) >= 11 is 0. The molecule has 1 aliphatic carbocycles. The average Bonchev–Trinajstić information content (AvgIpc) is 3.17. The first-order valence-electron chi connectivity index (χ1n) is 7.22. The molecule has 3 heteroatoms. The Hall–Kier alpha value is -1.51. The first-order valence-corrected chi connectivity index (χ1v) is 7.22. The Morgan fingerprint density at radius 1 is 1.26 bits per heavy atom. The van der Waals surface area contributed by atoms with Gasteiger partial charge in [-0.15, -0.1) is 0 Å². The predicted octanol–water partition coefficient (Wildman–Crippen LogP) is 2.82. The molecule has 102 valence electrons. The molecule has 1 atom stereocenters. The van der Waals surface area contributed by atoms with Crippen LogP contribution >= 0.6 is 0 Å². The molecule has 0 amide bonds. The molecule has 3 nitrogen and oxygen atoms in total. The van der Waals surface area contributed by atoms with Crippen LogP contribution in [-0.4, -0.2) is 23.4 Å². The summed E-state index contributed by atoms with van der Waals surface area (Å²) in [6, 6.07) is 9.58. The van der Waals surface area contributed by atoms with E-state index < -0.39 is 0 Å². The third-order valence-corrected chi connectivity index (χ3v) is 4.44. The molecule has 0 aromatic heterocycles. The molecule has 1 saturated carbocycles. The van der Waals surface area contributed by atoms with Crippen LogP contribution in [0.2, 0.25) is 0 Å². The Morgan fingerprint density at radius 2 is 1.89 bits per heavy atom. The third-order valence-electron chi connectivity index (χ3n) is 4.44. The fourth-order valence-corrected chi connectivity index (χ4v) is 3.02. The Labute approximate surface area is 115 Å². The molecule has 0 radical (unpaired) electrons. The highest BCUT2D eigenvalue weighted by molar-refractivity contribution is 5.82. The molecule has 0 bridgehead atoms. The number of guanidine groups is 1. The van der Waals surface area contributed by atoms with E-state index in [1.807, 2.05) is 0 Å². The molecule has 1 aromatic rings. The monoisotopic (exact) mass is 257 g/mol. The zero-order valence-corrected chi connectivity index (χ0v) is 12.1. The Morgan fingerprint density at radius 3 is 2.42 bits per heavy atom. The lowest BCUT2D eigenvalue weighted by atomic mass is 9.89. The summed E-state index contributed by atoms with van der Waals surface area (Å²) in [6.45, 7) is 7.49. The van der Waals surface area contributed by atoms with Gasteiger partial charge < -0.3 is 10.6 Å². The maximum Gasteiger partial charge on any atom is 0.192 e. The minimum atomic E-state index is -0.0548. The molecule has 2 N–H and O–H groups in total. The van der Waals surface area contributed by atoms with Gasteiger partial charge in [0.1, 0.15) is 0 Å². The summed E-state index contributed by atoms with van der Waals surface area (Å²) in [5, 5.41) is 0. The maximum absolute atomic E-state index is 6.09. The van der Waals surface area contributed by atoms with Gasteiger partial charge in [0.15, 0.2) is 5.96 Å². The molecule has 1 fully saturated rings. The minimum Gasteiger partial charge on any atom is -0.370 e. The van der Waals surface area contributed by atoms with E-state index in [9.17, 15) is 0 Å². The number of rotatable bonds is 3. The second-order valence-electron chi connectivity index (χ2n) is 6.33. The first-order chi connectivity index (χ1) is 9.02. The summed E-state index contributed by atoms with van der Waals surface area (Å²) in [4.78, 5) is 6.82. The zero-order valence-electron chi connectivity index (χ0n) is 12.1. The Balaban J connectivity index is 1.91. The second kappa shape index (κ2) is 4.26. The summed E-state index contributed by atoms with van der Waals surface area (Å²) in [5.41, 5.74) is 8.75. The average molecular weight is 257 g/mol. The van der Waals surface area contributed by atoms with Crippen LogP contribution in [0.4, 0.5) is 0 Å². The Bertz CT molecular complexity index is 499. The van der Waals surface area contributed by atoms with Crippen molar-refractivity contribution in [1.29, 1.82) is 0 Å². The van der Waals surface area contributed by atoms with E-state index in [2.05, 4.69) is 54.9 Å². The van der Waals surface area contributed by atoms with Crippen LogP contribution in [0.1, 0.15) is 50.7 Å². The molecular formula is C16H23N3. The van der Waals surface area contributed by atoms with Crippen molar-refractivity contribution < 1.29 is 0 Å². The lowest BCUT2D eigenvalue weighted by molar-refractivity contribution is 0.216. The van der Waals surface area contributed by atoms with Gasteiger partial charge in [-0.1, -0.05) is 38.1 Å². The van der Waals surface area contributed by atoms with Gasteiger partial charge in [-0.3, -0.25) is 4.99 Å². The van der Waals surface area contributed by atoms with E-state index in [4.69, 9.17) is 5.73 Å². The van der Waals surface area contributed by atoms with Crippen molar-refractivity contribution in [3.63, 3.8) is 0 Å². The number of hydrogen-bond donors (Lipinski definition) is 1. The van der Waals surface area contributed by atoms with Crippen LogP contribution in [0.3, 0.4) is 0 Å². The SMILES string of the molecule is CC(C)c1ccc(C2(C)CN=C(N)N2C2CC2)cc1. The molecule has 1 unspecified atom stereocenters. The van der Waals surface area contributed by atoms with E-state index in [1.165, 1.54) is 24.0 Å². The lowest BCUT2D eigenvalue weighted by Gasteiger charge is -2.37. The summed E-state index contributed by atoms with van der Waals surface area (Å²) < 4.78 is 0.